The molecular formula is C35H44O13. The van der Waals surface area contributed by atoms with Crippen LogP contribution < -0.4 is 0 Å². The molecule has 2 aliphatic heterocycles. The standard InChI is InChI=1S/C35H44O13/c1-8-18(2)28(40)31(41)47-30-29(45-17-36)27(32(5)11-9-25(38)48-33(6)16-44-26(39)14-23(32)33)19(3)35(42)24(46-20(4)37)13-22(34(30,35)7)21-10-12-43-15-21/h9-12,15,17-18,22-24,27-30,40,42H,3,8,13-14,16H2,1-2,4-7H3/t18-,22?,23+,24-,27+,28?,29+,30-,32-,33+,34+,35+/m0/s1. The number of carbonyl (C=O) groups is 5. The normalized spacial score (nSPS) is 40.3. The van der Waals surface area contributed by atoms with Gasteiger partial charge in [0.05, 0.1) is 24.4 Å². The van der Waals surface area contributed by atoms with Gasteiger partial charge in [-0.05, 0) is 36.5 Å². The molecule has 3 heterocycles. The molecule has 13 nitrogen and oxygen atoms in total. The van der Waals surface area contributed by atoms with Crippen molar-refractivity contribution < 1.29 is 62.3 Å². The summed E-state index contributed by atoms with van der Waals surface area (Å²) in [4.78, 5) is 64.4. The summed E-state index contributed by atoms with van der Waals surface area (Å²) in [6.45, 7) is 13.9. The second-order valence-corrected chi connectivity index (χ2v) is 14.2. The number of cyclic esters (lactones) is 1. The van der Waals surface area contributed by atoms with Gasteiger partial charge in [-0.15, -0.1) is 0 Å². The van der Waals surface area contributed by atoms with Crippen molar-refractivity contribution in [3.8, 4) is 0 Å². The van der Waals surface area contributed by atoms with E-state index in [1.54, 1.807) is 40.7 Å². The monoisotopic (exact) mass is 672 g/mol. The van der Waals surface area contributed by atoms with Gasteiger partial charge >= 0.3 is 23.9 Å². The summed E-state index contributed by atoms with van der Waals surface area (Å²) in [5, 5.41) is 24.2. The smallest absolute Gasteiger partial charge is 0.335 e. The van der Waals surface area contributed by atoms with Gasteiger partial charge in [-0.2, -0.15) is 0 Å². The van der Waals surface area contributed by atoms with Gasteiger partial charge in [-0.1, -0.05) is 46.8 Å². The van der Waals surface area contributed by atoms with Crippen LogP contribution in [0.1, 0.15) is 72.3 Å². The molecular weight excluding hydrogens is 628 g/mol. The van der Waals surface area contributed by atoms with Gasteiger partial charge in [-0.25, -0.2) is 9.59 Å². The molecule has 2 aliphatic carbocycles. The van der Waals surface area contributed by atoms with Crippen LogP contribution in [0.3, 0.4) is 0 Å². The third-order valence-corrected chi connectivity index (χ3v) is 11.6. The Labute approximate surface area is 278 Å². The van der Waals surface area contributed by atoms with E-state index in [0.717, 1.165) is 0 Å². The van der Waals surface area contributed by atoms with E-state index in [0.29, 0.717) is 12.0 Å². The van der Waals surface area contributed by atoms with Crippen molar-refractivity contribution >= 4 is 30.3 Å². The zero-order valence-corrected chi connectivity index (χ0v) is 28.0. The summed E-state index contributed by atoms with van der Waals surface area (Å²) in [7, 11) is 0. The van der Waals surface area contributed by atoms with Crippen molar-refractivity contribution in [2.45, 2.75) is 102 Å². The molecule has 2 saturated carbocycles. The Morgan fingerprint density at radius 2 is 1.92 bits per heavy atom. The van der Waals surface area contributed by atoms with Crippen LogP contribution in [0, 0.1) is 28.6 Å². The highest BCUT2D eigenvalue weighted by Crippen LogP contribution is 2.69. The first kappa shape index (κ1) is 35.3. The molecule has 2 N–H and O–H groups in total. The maximum absolute atomic E-state index is 13.7. The molecule has 0 aromatic carbocycles. The maximum atomic E-state index is 13.7. The lowest BCUT2D eigenvalue weighted by Crippen LogP contribution is -2.71. The molecule has 4 aliphatic rings. The maximum Gasteiger partial charge on any atom is 0.335 e. The van der Waals surface area contributed by atoms with Crippen LogP contribution >= 0.6 is 0 Å². The topological polar surface area (TPSA) is 185 Å². The third kappa shape index (κ3) is 5.26. The first-order valence-corrected chi connectivity index (χ1v) is 16.2. The predicted octanol–water partition coefficient (Wildman–Crippen LogP) is 2.92. The van der Waals surface area contributed by atoms with Crippen LogP contribution in [0.4, 0.5) is 0 Å². The second kappa shape index (κ2) is 12.5. The number of rotatable bonds is 9. The van der Waals surface area contributed by atoms with Crippen molar-refractivity contribution in [1.82, 2.24) is 0 Å². The van der Waals surface area contributed by atoms with E-state index in [-0.39, 0.29) is 31.5 Å². The van der Waals surface area contributed by atoms with Crippen molar-refractivity contribution in [2.24, 2.45) is 28.6 Å². The molecule has 1 aromatic rings. The van der Waals surface area contributed by atoms with E-state index in [1.165, 1.54) is 31.6 Å². The number of aliphatic hydroxyl groups is 2. The molecule has 2 unspecified atom stereocenters. The van der Waals surface area contributed by atoms with E-state index in [1.807, 2.05) is 0 Å². The fourth-order valence-electron chi connectivity index (χ4n) is 8.93. The molecule has 12 atom stereocenters. The summed E-state index contributed by atoms with van der Waals surface area (Å²) in [5.41, 5.74) is -5.87. The van der Waals surface area contributed by atoms with Crippen LogP contribution in [0.15, 0.2) is 47.3 Å². The van der Waals surface area contributed by atoms with E-state index in [4.69, 9.17) is 28.1 Å². The Morgan fingerprint density at radius 3 is 2.52 bits per heavy atom. The lowest BCUT2D eigenvalue weighted by Gasteiger charge is -2.61. The molecule has 1 aromatic heterocycles. The quantitative estimate of drug-likeness (QED) is 0.169. The van der Waals surface area contributed by atoms with Crippen LogP contribution in [0.25, 0.3) is 0 Å². The lowest BCUT2D eigenvalue weighted by molar-refractivity contribution is -0.243. The van der Waals surface area contributed by atoms with Crippen molar-refractivity contribution in [2.75, 3.05) is 6.61 Å². The van der Waals surface area contributed by atoms with E-state index in [2.05, 4.69) is 6.58 Å². The van der Waals surface area contributed by atoms with Gasteiger partial charge in [0.15, 0.2) is 6.10 Å². The van der Waals surface area contributed by atoms with Crippen molar-refractivity contribution in [1.29, 1.82) is 0 Å². The number of allylic oxidation sites excluding steroid dienone is 1. The fraction of sp³-hybridized carbons (Fsp3) is 0.629. The Bertz CT molecular complexity index is 1500. The molecule has 48 heavy (non-hydrogen) atoms. The summed E-state index contributed by atoms with van der Waals surface area (Å²) in [6.07, 6.45) is 0.145. The highest BCUT2D eigenvalue weighted by Gasteiger charge is 2.77. The molecule has 0 amide bonds. The molecule has 262 valence electrons. The van der Waals surface area contributed by atoms with Gasteiger partial charge < -0.3 is 38.3 Å². The van der Waals surface area contributed by atoms with Gasteiger partial charge in [-0.3, -0.25) is 14.4 Å². The number of ether oxygens (including phenoxy) is 5. The first-order chi connectivity index (χ1) is 22.5. The number of fused-ring (bicyclic) bond motifs is 2. The Balaban J connectivity index is 1.79. The lowest BCUT2D eigenvalue weighted by atomic mass is 9.47. The Kier molecular flexibility index (Phi) is 9.19. The van der Waals surface area contributed by atoms with Gasteiger partial charge in [0.25, 0.3) is 6.47 Å². The summed E-state index contributed by atoms with van der Waals surface area (Å²) < 4.78 is 34.4. The van der Waals surface area contributed by atoms with Crippen LogP contribution in [0.5, 0.6) is 0 Å². The van der Waals surface area contributed by atoms with Gasteiger partial charge in [0.2, 0.25) is 0 Å². The molecule has 0 radical (unpaired) electrons. The number of aliphatic hydroxyl groups excluding tert-OH is 1. The number of furan rings is 1. The molecule has 3 fully saturated rings. The molecule has 13 heteroatoms. The predicted molar refractivity (Wildman–Crippen MR) is 164 cm³/mol. The zero-order valence-electron chi connectivity index (χ0n) is 28.0. The molecule has 1 saturated heterocycles. The van der Waals surface area contributed by atoms with Gasteiger partial charge in [0, 0.05) is 36.2 Å². The fourth-order valence-corrected chi connectivity index (χ4v) is 8.93. The Hall–Kier alpha value is -3.97. The first-order valence-electron chi connectivity index (χ1n) is 16.2. The second-order valence-electron chi connectivity index (χ2n) is 14.2. The molecule has 0 spiro atoms. The number of carbonyl (C=O) groups excluding carboxylic acids is 5. The van der Waals surface area contributed by atoms with Crippen LogP contribution in [0.2, 0.25) is 0 Å². The minimum absolute atomic E-state index is 0.0231. The minimum atomic E-state index is -2.17. The number of hydrogen-bond donors (Lipinski definition) is 2. The number of hydrogen-bond acceptors (Lipinski definition) is 13. The number of esters is 4. The largest absolute Gasteiger partial charge is 0.472 e. The average molecular weight is 673 g/mol. The minimum Gasteiger partial charge on any atom is -0.472 e. The van der Waals surface area contributed by atoms with Crippen molar-refractivity contribution in [3.63, 3.8) is 0 Å². The molecule has 0 bridgehead atoms. The summed E-state index contributed by atoms with van der Waals surface area (Å²) in [5.74, 6) is -6.21. The van der Waals surface area contributed by atoms with E-state index in [9.17, 15) is 34.2 Å². The van der Waals surface area contributed by atoms with Crippen molar-refractivity contribution in [3.05, 3.63) is 48.5 Å². The summed E-state index contributed by atoms with van der Waals surface area (Å²) in [6, 6.07) is 1.67. The highest BCUT2D eigenvalue weighted by atomic mass is 16.6. The van der Waals surface area contributed by atoms with E-state index < -0.39 is 94.0 Å². The Morgan fingerprint density at radius 1 is 1.21 bits per heavy atom. The summed E-state index contributed by atoms with van der Waals surface area (Å²) >= 11 is 0. The highest BCUT2D eigenvalue weighted by molar-refractivity contribution is 5.83. The third-order valence-electron chi connectivity index (χ3n) is 11.6. The average Bonchev–Trinajstić information content (AvgIpc) is 3.62. The molecule has 5 rings (SSSR count). The van der Waals surface area contributed by atoms with Crippen LogP contribution in [-0.4, -0.2) is 82.8 Å². The van der Waals surface area contributed by atoms with Crippen LogP contribution in [-0.2, 0) is 47.7 Å². The van der Waals surface area contributed by atoms with Gasteiger partial charge in [0.1, 0.15) is 36.1 Å². The SMILES string of the molecule is C=C1[C@@H]([C@@]2(C)C=CC(=O)O[C@]3(C)COC(=O)C[C@H]23)[C@@H](OC=O)[C@H](OC(=O)C(O)[C@@H](C)CC)[C@@]2(C)C(c3ccoc3)C[C@H](OC(C)=O)[C@]12O. The zero-order chi connectivity index (χ0) is 35.4. The van der Waals surface area contributed by atoms with E-state index >= 15 is 0 Å².